The molecule has 0 saturated carbocycles. The summed E-state index contributed by atoms with van der Waals surface area (Å²) < 4.78 is 11.1. The summed E-state index contributed by atoms with van der Waals surface area (Å²) in [6.07, 6.45) is 2.55. The molecule has 68 valence electrons. The predicted octanol–water partition coefficient (Wildman–Crippen LogP) is 2.54. The van der Waals surface area contributed by atoms with Crippen molar-refractivity contribution in [2.75, 3.05) is 7.11 Å². The van der Waals surface area contributed by atoms with Crippen molar-refractivity contribution in [1.82, 2.24) is 0 Å². The second-order valence-corrected chi connectivity index (χ2v) is 6.60. The van der Waals surface area contributed by atoms with Gasteiger partial charge in [0.2, 0.25) is 0 Å². The molecule has 0 aliphatic rings. The van der Waals surface area contributed by atoms with Crippen LogP contribution < -0.4 is 0 Å². The largest absolute Gasteiger partial charge is 0.398 e. The average molecular weight is 176 g/mol. The molecule has 0 saturated heterocycles. The predicted molar refractivity (Wildman–Crippen MR) is 49.9 cm³/mol. The third kappa shape index (κ3) is 4.56. The molecule has 0 bridgehead atoms. The first-order valence-corrected chi connectivity index (χ1v) is 7.10. The van der Waals surface area contributed by atoms with Crippen molar-refractivity contribution in [3.8, 4) is 0 Å². The van der Waals surface area contributed by atoms with Gasteiger partial charge >= 0.3 is 8.56 Å². The minimum absolute atomic E-state index is 0.386. The van der Waals surface area contributed by atoms with Crippen LogP contribution in [0.5, 0.6) is 0 Å². The van der Waals surface area contributed by atoms with Gasteiger partial charge in [0.05, 0.1) is 0 Å². The van der Waals surface area contributed by atoms with Crippen LogP contribution in [0.1, 0.15) is 26.7 Å². The molecule has 0 N–H and O–H groups in total. The van der Waals surface area contributed by atoms with Crippen molar-refractivity contribution >= 4 is 8.56 Å². The summed E-state index contributed by atoms with van der Waals surface area (Å²) in [6, 6.07) is 0. The second kappa shape index (κ2) is 4.90. The normalized spacial score (nSPS) is 12.5. The van der Waals surface area contributed by atoms with Crippen molar-refractivity contribution in [2.45, 2.75) is 45.9 Å². The van der Waals surface area contributed by atoms with Crippen molar-refractivity contribution < 1.29 is 8.85 Å². The van der Waals surface area contributed by atoms with Crippen LogP contribution in [0.25, 0.3) is 0 Å². The molecule has 3 heteroatoms. The Morgan fingerprint density at radius 2 is 1.64 bits per heavy atom. The monoisotopic (exact) mass is 176 g/mol. The van der Waals surface area contributed by atoms with E-state index >= 15 is 0 Å². The average Bonchev–Trinajstić information content (AvgIpc) is 2.00. The first-order chi connectivity index (χ1) is 5.05. The quantitative estimate of drug-likeness (QED) is 0.599. The molecule has 0 atom stereocenters. The van der Waals surface area contributed by atoms with Gasteiger partial charge in [0.25, 0.3) is 0 Å². The Labute approximate surface area is 71.1 Å². The molecule has 0 aromatic rings. The molecule has 0 heterocycles. The Kier molecular flexibility index (Phi) is 4.96. The smallest absolute Gasteiger partial charge is 0.331 e. The van der Waals surface area contributed by atoms with Crippen molar-refractivity contribution in [3.05, 3.63) is 0 Å². The third-order valence-corrected chi connectivity index (χ3v) is 3.74. The SMILES string of the molecule is CCC(CC)O[Si](C)(C)OC. The highest BCUT2D eigenvalue weighted by molar-refractivity contribution is 6.64. The molecule has 0 aromatic heterocycles. The van der Waals surface area contributed by atoms with Crippen LogP contribution in [-0.2, 0) is 8.85 Å². The summed E-state index contributed by atoms with van der Waals surface area (Å²) >= 11 is 0. The Morgan fingerprint density at radius 1 is 1.18 bits per heavy atom. The second-order valence-electron chi connectivity index (χ2n) is 3.16. The number of rotatable bonds is 5. The standard InChI is InChI=1S/C8H20O2Si/c1-6-8(7-2)10-11(4,5)9-3/h8H,6-7H2,1-5H3. The lowest BCUT2D eigenvalue weighted by Crippen LogP contribution is -2.37. The number of hydrogen-bond donors (Lipinski definition) is 0. The van der Waals surface area contributed by atoms with Gasteiger partial charge in [-0.05, 0) is 25.9 Å². The minimum Gasteiger partial charge on any atom is -0.398 e. The molecular weight excluding hydrogens is 156 g/mol. The lowest BCUT2D eigenvalue weighted by molar-refractivity contribution is 0.130. The topological polar surface area (TPSA) is 18.5 Å². The maximum atomic E-state index is 5.80. The van der Waals surface area contributed by atoms with E-state index in [4.69, 9.17) is 8.85 Å². The van der Waals surface area contributed by atoms with Crippen LogP contribution in [0.3, 0.4) is 0 Å². The van der Waals surface area contributed by atoms with E-state index in [0.29, 0.717) is 6.10 Å². The van der Waals surface area contributed by atoms with Gasteiger partial charge in [-0.3, -0.25) is 0 Å². The van der Waals surface area contributed by atoms with E-state index < -0.39 is 8.56 Å². The van der Waals surface area contributed by atoms with Crippen molar-refractivity contribution in [2.24, 2.45) is 0 Å². The zero-order valence-electron chi connectivity index (χ0n) is 8.31. The Bertz CT molecular complexity index is 100. The highest BCUT2D eigenvalue weighted by Gasteiger charge is 2.25. The van der Waals surface area contributed by atoms with E-state index in [-0.39, 0.29) is 0 Å². The fraction of sp³-hybridized carbons (Fsp3) is 1.00. The van der Waals surface area contributed by atoms with Crippen LogP contribution in [0.2, 0.25) is 13.1 Å². The van der Waals surface area contributed by atoms with Gasteiger partial charge in [0.15, 0.2) is 0 Å². The molecule has 0 aliphatic carbocycles. The van der Waals surface area contributed by atoms with Gasteiger partial charge in [-0.25, -0.2) is 0 Å². The molecule has 0 fully saturated rings. The first kappa shape index (κ1) is 11.1. The summed E-state index contributed by atoms with van der Waals surface area (Å²) in [5, 5.41) is 0. The molecular formula is C8H20O2Si. The van der Waals surface area contributed by atoms with Crippen LogP contribution in [-0.4, -0.2) is 21.8 Å². The summed E-state index contributed by atoms with van der Waals surface area (Å²) in [5.41, 5.74) is 0. The highest BCUT2D eigenvalue weighted by Crippen LogP contribution is 2.12. The van der Waals surface area contributed by atoms with Gasteiger partial charge in [0, 0.05) is 13.2 Å². The van der Waals surface area contributed by atoms with E-state index in [0.717, 1.165) is 12.8 Å². The summed E-state index contributed by atoms with van der Waals surface area (Å²) in [5.74, 6) is 0. The van der Waals surface area contributed by atoms with Crippen LogP contribution in [0, 0.1) is 0 Å². The van der Waals surface area contributed by atoms with Crippen LogP contribution in [0.4, 0.5) is 0 Å². The molecule has 0 unspecified atom stereocenters. The lowest BCUT2D eigenvalue weighted by atomic mass is 10.2. The Hall–Kier alpha value is 0.137. The van der Waals surface area contributed by atoms with Gasteiger partial charge in [-0.15, -0.1) is 0 Å². The summed E-state index contributed by atoms with van der Waals surface area (Å²) in [6.45, 7) is 8.44. The van der Waals surface area contributed by atoms with Crippen LogP contribution in [0.15, 0.2) is 0 Å². The van der Waals surface area contributed by atoms with E-state index in [1.165, 1.54) is 0 Å². The van der Waals surface area contributed by atoms with Gasteiger partial charge < -0.3 is 8.85 Å². The molecule has 11 heavy (non-hydrogen) atoms. The zero-order valence-corrected chi connectivity index (χ0v) is 9.31. The Morgan fingerprint density at radius 3 is 1.91 bits per heavy atom. The van der Waals surface area contributed by atoms with Gasteiger partial charge in [0.1, 0.15) is 0 Å². The van der Waals surface area contributed by atoms with Crippen molar-refractivity contribution in [3.63, 3.8) is 0 Å². The van der Waals surface area contributed by atoms with Gasteiger partial charge in [-0.2, -0.15) is 0 Å². The minimum atomic E-state index is -1.78. The fourth-order valence-electron chi connectivity index (χ4n) is 0.905. The van der Waals surface area contributed by atoms with Gasteiger partial charge in [-0.1, -0.05) is 13.8 Å². The lowest BCUT2D eigenvalue weighted by Gasteiger charge is -2.25. The molecule has 0 aliphatic heterocycles. The zero-order chi connectivity index (χ0) is 8.91. The molecule has 0 rings (SSSR count). The third-order valence-electron chi connectivity index (χ3n) is 1.85. The van der Waals surface area contributed by atoms with Crippen LogP contribution >= 0.6 is 0 Å². The summed E-state index contributed by atoms with van der Waals surface area (Å²) in [4.78, 5) is 0. The molecule has 2 nitrogen and oxygen atoms in total. The van der Waals surface area contributed by atoms with E-state index in [1.54, 1.807) is 7.11 Å². The highest BCUT2D eigenvalue weighted by atomic mass is 28.4. The van der Waals surface area contributed by atoms with E-state index in [2.05, 4.69) is 26.9 Å². The molecule has 0 amide bonds. The molecule has 0 spiro atoms. The Balaban J connectivity index is 3.79. The summed E-state index contributed by atoms with van der Waals surface area (Å²) in [7, 11) is -0.0515. The number of hydrogen-bond acceptors (Lipinski definition) is 2. The first-order valence-electron chi connectivity index (χ1n) is 4.28. The maximum absolute atomic E-state index is 5.80. The fourth-order valence-corrected chi connectivity index (χ4v) is 2.14. The van der Waals surface area contributed by atoms with E-state index in [9.17, 15) is 0 Å². The molecule has 0 radical (unpaired) electrons. The van der Waals surface area contributed by atoms with Crippen molar-refractivity contribution in [1.29, 1.82) is 0 Å². The maximum Gasteiger partial charge on any atom is 0.331 e. The van der Waals surface area contributed by atoms with E-state index in [1.807, 2.05) is 0 Å². The molecule has 0 aromatic carbocycles.